The lowest BCUT2D eigenvalue weighted by Crippen LogP contribution is -2.36. The number of carboxylic acid groups (broad SMARTS) is 1. The summed E-state index contributed by atoms with van der Waals surface area (Å²) in [6, 6.07) is 4.48. The summed E-state index contributed by atoms with van der Waals surface area (Å²) in [5, 5.41) is 7.12. The molecule has 1 aliphatic heterocycles. The lowest BCUT2D eigenvalue weighted by Gasteiger charge is -2.32. The van der Waals surface area contributed by atoms with Gasteiger partial charge in [0.25, 0.3) is 5.91 Å². The van der Waals surface area contributed by atoms with E-state index < -0.39 is 27.9 Å². The fraction of sp³-hybridized carbons (Fsp3) is 0.444. The summed E-state index contributed by atoms with van der Waals surface area (Å²) in [5.41, 5.74) is 11.2. The summed E-state index contributed by atoms with van der Waals surface area (Å²) in [6.07, 6.45) is -2.64. The molecule has 1 aromatic rings. The Morgan fingerprint density at radius 2 is 1.66 bits per heavy atom. The highest BCUT2D eigenvalue weighted by Crippen LogP contribution is 2.33. The third kappa shape index (κ3) is 7.83. The van der Waals surface area contributed by atoms with Gasteiger partial charge in [0.1, 0.15) is 0 Å². The van der Waals surface area contributed by atoms with Gasteiger partial charge in [-0.2, -0.15) is 18.2 Å². The van der Waals surface area contributed by atoms with Crippen molar-refractivity contribution in [3.63, 3.8) is 0 Å². The van der Waals surface area contributed by atoms with Crippen molar-refractivity contribution in [3.05, 3.63) is 29.3 Å². The van der Waals surface area contributed by atoms with E-state index in [1.807, 2.05) is 0 Å². The number of aliphatic imine (C=N–C) groups is 1. The van der Waals surface area contributed by atoms with Crippen LogP contribution in [0.15, 0.2) is 28.1 Å². The number of alkyl halides is 3. The van der Waals surface area contributed by atoms with Crippen molar-refractivity contribution in [2.45, 2.75) is 36.8 Å². The number of amides is 2. The average Bonchev–Trinajstić information content (AvgIpc) is 2.66. The molecule has 0 bridgehead atoms. The standard InChI is InChI=1S/C16H22N4O4S.C2HF3O2/c1-10(21)20-7-5-11(6-8-20)13-4-3-12(15(22)19-16(17)18)9-14(13)25(2,23)24;3-2(4,5)1(6)7/h3-4,9,11H,5-8H2,1-2H3,(H4,17,18,19,22);(H,6,7). The number of carbonyl (C=O) groups excluding carboxylic acids is 2. The van der Waals surface area contributed by atoms with Crippen molar-refractivity contribution in [2.75, 3.05) is 19.3 Å². The van der Waals surface area contributed by atoms with E-state index in [0.29, 0.717) is 31.5 Å². The fourth-order valence-corrected chi connectivity index (χ4v) is 4.02. The van der Waals surface area contributed by atoms with Crippen molar-refractivity contribution >= 4 is 33.6 Å². The SMILES string of the molecule is CC(=O)N1CCC(c2ccc(C(=O)N=C(N)N)cc2S(C)(=O)=O)CC1.O=C(O)C(F)(F)F. The zero-order valence-electron chi connectivity index (χ0n) is 17.2. The Bertz CT molecular complexity index is 1010. The third-order valence-corrected chi connectivity index (χ3v) is 5.67. The summed E-state index contributed by atoms with van der Waals surface area (Å²) < 4.78 is 56.1. The van der Waals surface area contributed by atoms with E-state index in [4.69, 9.17) is 21.4 Å². The minimum atomic E-state index is -5.08. The Morgan fingerprint density at radius 1 is 1.16 bits per heavy atom. The van der Waals surface area contributed by atoms with Gasteiger partial charge in [-0.1, -0.05) is 6.07 Å². The number of guanidine groups is 1. The second-order valence-corrected chi connectivity index (χ2v) is 8.93. The Balaban J connectivity index is 0.000000633. The molecule has 5 N–H and O–H groups in total. The van der Waals surface area contributed by atoms with Crippen LogP contribution in [-0.4, -0.2) is 67.7 Å². The summed E-state index contributed by atoms with van der Waals surface area (Å²) in [7, 11) is -3.54. The van der Waals surface area contributed by atoms with Crippen LogP contribution in [-0.2, 0) is 19.4 Å². The quantitative estimate of drug-likeness (QED) is 0.422. The van der Waals surface area contributed by atoms with Gasteiger partial charge in [0, 0.05) is 31.8 Å². The molecular weight excluding hydrogens is 457 g/mol. The Morgan fingerprint density at radius 3 is 2.03 bits per heavy atom. The molecule has 1 aromatic carbocycles. The van der Waals surface area contributed by atoms with E-state index in [0.717, 1.165) is 6.26 Å². The van der Waals surface area contributed by atoms with Crippen LogP contribution in [0.25, 0.3) is 0 Å². The van der Waals surface area contributed by atoms with E-state index in [1.165, 1.54) is 19.1 Å². The zero-order chi connectivity index (χ0) is 24.9. The van der Waals surface area contributed by atoms with E-state index in [9.17, 15) is 31.2 Å². The molecule has 1 aliphatic rings. The van der Waals surface area contributed by atoms with Crippen LogP contribution >= 0.6 is 0 Å². The van der Waals surface area contributed by atoms with E-state index in [1.54, 1.807) is 11.0 Å². The summed E-state index contributed by atoms with van der Waals surface area (Å²) in [5.74, 6) is -3.81. The molecule has 0 radical (unpaired) electrons. The molecule has 0 aliphatic carbocycles. The largest absolute Gasteiger partial charge is 0.490 e. The van der Waals surface area contributed by atoms with Crippen LogP contribution < -0.4 is 11.5 Å². The molecule has 32 heavy (non-hydrogen) atoms. The predicted octanol–water partition coefficient (Wildman–Crippen LogP) is 0.863. The topological polar surface area (TPSA) is 173 Å². The maximum atomic E-state index is 12.2. The van der Waals surface area contributed by atoms with Gasteiger partial charge >= 0.3 is 12.1 Å². The minimum Gasteiger partial charge on any atom is -0.475 e. The van der Waals surface area contributed by atoms with Gasteiger partial charge in [0.05, 0.1) is 4.90 Å². The molecule has 178 valence electrons. The number of aliphatic carboxylic acids is 1. The van der Waals surface area contributed by atoms with Crippen LogP contribution in [0.5, 0.6) is 0 Å². The number of piperidine rings is 1. The van der Waals surface area contributed by atoms with Gasteiger partial charge in [-0.25, -0.2) is 13.2 Å². The number of sulfone groups is 1. The van der Waals surface area contributed by atoms with Gasteiger partial charge in [-0.05, 0) is 36.5 Å². The zero-order valence-corrected chi connectivity index (χ0v) is 18.0. The summed E-state index contributed by atoms with van der Waals surface area (Å²) in [4.78, 5) is 37.6. The molecule has 2 rings (SSSR count). The fourth-order valence-electron chi connectivity index (χ4n) is 3.01. The molecule has 0 aromatic heterocycles. The summed E-state index contributed by atoms with van der Waals surface area (Å²) in [6.45, 7) is 2.68. The van der Waals surface area contributed by atoms with Gasteiger partial charge in [0.15, 0.2) is 15.8 Å². The number of nitrogens with zero attached hydrogens (tertiary/aromatic N) is 2. The molecule has 1 heterocycles. The number of hydrogen-bond donors (Lipinski definition) is 3. The van der Waals surface area contributed by atoms with Crippen molar-refractivity contribution in [3.8, 4) is 0 Å². The molecule has 1 fully saturated rings. The highest BCUT2D eigenvalue weighted by Gasteiger charge is 2.38. The van der Waals surface area contributed by atoms with Crippen LogP contribution in [0.4, 0.5) is 13.2 Å². The Kier molecular flexibility index (Phi) is 8.76. The molecule has 0 saturated carbocycles. The minimum absolute atomic E-state index is 0.00700. The lowest BCUT2D eigenvalue weighted by molar-refractivity contribution is -0.192. The van der Waals surface area contributed by atoms with Crippen molar-refractivity contribution in [2.24, 2.45) is 16.5 Å². The number of halogens is 3. The number of rotatable bonds is 3. The Labute approximate surface area is 182 Å². The number of carbonyl (C=O) groups is 3. The first-order valence-corrected chi connectivity index (χ1v) is 11.0. The maximum Gasteiger partial charge on any atom is 0.490 e. The molecule has 1 saturated heterocycles. The molecule has 10 nitrogen and oxygen atoms in total. The number of carboxylic acids is 1. The van der Waals surface area contributed by atoms with Crippen molar-refractivity contribution in [1.82, 2.24) is 4.90 Å². The third-order valence-electron chi connectivity index (χ3n) is 4.51. The van der Waals surface area contributed by atoms with E-state index >= 15 is 0 Å². The molecule has 0 spiro atoms. The van der Waals surface area contributed by atoms with Gasteiger partial charge in [-0.3, -0.25) is 9.59 Å². The molecule has 0 unspecified atom stereocenters. The average molecular weight is 480 g/mol. The summed E-state index contributed by atoms with van der Waals surface area (Å²) >= 11 is 0. The van der Waals surface area contributed by atoms with Gasteiger partial charge in [-0.15, -0.1) is 0 Å². The van der Waals surface area contributed by atoms with Crippen molar-refractivity contribution < 1.29 is 41.1 Å². The Hall–Kier alpha value is -3.16. The van der Waals surface area contributed by atoms with Crippen LogP contribution in [0.1, 0.15) is 41.6 Å². The highest BCUT2D eigenvalue weighted by atomic mass is 32.2. The lowest BCUT2D eigenvalue weighted by atomic mass is 9.89. The second-order valence-electron chi connectivity index (χ2n) is 6.95. The molecule has 2 amide bonds. The van der Waals surface area contributed by atoms with Crippen LogP contribution in [0.2, 0.25) is 0 Å². The monoisotopic (exact) mass is 480 g/mol. The highest BCUT2D eigenvalue weighted by molar-refractivity contribution is 7.90. The molecular formula is C18H23F3N4O6S. The number of likely N-dealkylation sites (tertiary alicyclic amines) is 1. The number of benzene rings is 1. The van der Waals surface area contributed by atoms with Gasteiger partial charge < -0.3 is 21.5 Å². The van der Waals surface area contributed by atoms with Gasteiger partial charge in [0.2, 0.25) is 5.91 Å². The first kappa shape index (κ1) is 26.9. The number of nitrogens with two attached hydrogens (primary N) is 2. The maximum absolute atomic E-state index is 12.2. The molecule has 0 atom stereocenters. The smallest absolute Gasteiger partial charge is 0.475 e. The van der Waals surface area contributed by atoms with E-state index in [-0.39, 0.29) is 28.2 Å². The predicted molar refractivity (Wildman–Crippen MR) is 108 cm³/mol. The first-order chi connectivity index (χ1) is 14.5. The normalized spacial score (nSPS) is 14.7. The first-order valence-electron chi connectivity index (χ1n) is 9.07. The molecule has 14 heteroatoms. The van der Waals surface area contributed by atoms with Crippen LogP contribution in [0.3, 0.4) is 0 Å². The van der Waals surface area contributed by atoms with E-state index in [2.05, 4.69) is 4.99 Å². The second kappa shape index (κ2) is 10.4. The number of hydrogen-bond acceptors (Lipinski definition) is 5. The van der Waals surface area contributed by atoms with Crippen molar-refractivity contribution in [1.29, 1.82) is 0 Å². The van der Waals surface area contributed by atoms with Crippen LogP contribution in [0, 0.1) is 0 Å².